The zero-order chi connectivity index (χ0) is 21.5. The highest BCUT2D eigenvalue weighted by molar-refractivity contribution is 6.06. The zero-order valence-corrected chi connectivity index (χ0v) is 16.5. The Kier molecular flexibility index (Phi) is 4.62. The van der Waals surface area contributed by atoms with Crippen molar-refractivity contribution in [3.8, 4) is 5.75 Å². The van der Waals surface area contributed by atoms with Crippen molar-refractivity contribution >= 4 is 23.7 Å². The second-order valence-electron chi connectivity index (χ2n) is 7.98. The van der Waals surface area contributed by atoms with E-state index in [1.165, 1.54) is 18.3 Å². The van der Waals surface area contributed by atoms with Crippen molar-refractivity contribution in [2.45, 2.75) is 13.0 Å². The smallest absolute Gasteiger partial charge is 0.269 e. The van der Waals surface area contributed by atoms with Crippen LogP contribution in [0.15, 0.2) is 65.8 Å². The van der Waals surface area contributed by atoms with Crippen LogP contribution in [0.2, 0.25) is 0 Å². The summed E-state index contributed by atoms with van der Waals surface area (Å²) in [6.07, 6.45) is 6.44. The fourth-order valence-corrected chi connectivity index (χ4v) is 4.71. The van der Waals surface area contributed by atoms with Gasteiger partial charge in [0.25, 0.3) is 17.5 Å². The molecule has 156 valence electrons. The lowest BCUT2D eigenvalue weighted by atomic mass is 9.85. The standard InChI is InChI=1S/C23H19N3O5/c27-22-20-15-7-8-16(11-15)21(20)23(28)25(22)24-12-17-3-1-2-4-19(17)31-13-14-5-9-18(10-6-14)26(29)30/h1-10,12,15-16,20-21H,11,13H2/b24-12-/t15-,16-,20-,21-/m0/s1. The van der Waals surface area contributed by atoms with E-state index in [0.717, 1.165) is 17.0 Å². The van der Waals surface area contributed by atoms with Crippen LogP contribution in [-0.4, -0.2) is 28.0 Å². The Balaban J connectivity index is 1.30. The summed E-state index contributed by atoms with van der Waals surface area (Å²) < 4.78 is 5.85. The Morgan fingerprint density at radius 3 is 2.32 bits per heavy atom. The van der Waals surface area contributed by atoms with Gasteiger partial charge in [-0.15, -0.1) is 0 Å². The molecule has 1 saturated carbocycles. The van der Waals surface area contributed by atoms with Crippen molar-refractivity contribution in [1.82, 2.24) is 5.01 Å². The largest absolute Gasteiger partial charge is 0.488 e. The number of non-ortho nitro benzene ring substituents is 1. The average Bonchev–Trinajstić information content (AvgIpc) is 3.46. The number of imide groups is 1. The zero-order valence-electron chi connectivity index (χ0n) is 16.5. The van der Waals surface area contributed by atoms with Gasteiger partial charge < -0.3 is 4.74 Å². The molecule has 1 aliphatic heterocycles. The molecule has 0 unspecified atom stereocenters. The second-order valence-corrected chi connectivity index (χ2v) is 7.98. The van der Waals surface area contributed by atoms with Crippen LogP contribution in [0.3, 0.4) is 0 Å². The molecule has 8 nitrogen and oxygen atoms in total. The average molecular weight is 417 g/mol. The number of benzene rings is 2. The Hall–Kier alpha value is -3.81. The molecule has 0 spiro atoms. The molecule has 2 aromatic carbocycles. The molecule has 0 N–H and O–H groups in total. The van der Waals surface area contributed by atoms with E-state index in [4.69, 9.17) is 4.74 Å². The number of amides is 2. The molecule has 1 heterocycles. The quantitative estimate of drug-likeness (QED) is 0.236. The number of allylic oxidation sites excluding steroid dienone is 2. The molecule has 3 aliphatic rings. The number of hydrogen-bond acceptors (Lipinski definition) is 6. The highest BCUT2D eigenvalue weighted by Crippen LogP contribution is 2.52. The van der Waals surface area contributed by atoms with Crippen molar-refractivity contribution in [2.75, 3.05) is 0 Å². The van der Waals surface area contributed by atoms with Crippen LogP contribution in [-0.2, 0) is 16.2 Å². The van der Waals surface area contributed by atoms with Crippen molar-refractivity contribution < 1.29 is 19.2 Å². The van der Waals surface area contributed by atoms with Crippen LogP contribution in [0.1, 0.15) is 17.5 Å². The van der Waals surface area contributed by atoms with E-state index in [-0.39, 0.29) is 47.8 Å². The number of ether oxygens (including phenoxy) is 1. The van der Waals surface area contributed by atoms with Crippen molar-refractivity contribution in [3.63, 3.8) is 0 Å². The Bertz CT molecular complexity index is 1090. The minimum atomic E-state index is -0.451. The van der Waals surface area contributed by atoms with Gasteiger partial charge in [0.05, 0.1) is 23.0 Å². The van der Waals surface area contributed by atoms with Gasteiger partial charge in [-0.1, -0.05) is 24.3 Å². The van der Waals surface area contributed by atoms with E-state index in [1.807, 2.05) is 24.3 Å². The maximum Gasteiger partial charge on any atom is 0.269 e. The SMILES string of the molecule is O=C1[C@@H]2[C@@H](C(=O)N1/N=C\c1ccccc1OCc1ccc([N+](=O)[O-])cc1)[C@H]1C=C[C@H]2C1. The van der Waals surface area contributed by atoms with Gasteiger partial charge in [-0.3, -0.25) is 19.7 Å². The van der Waals surface area contributed by atoms with Gasteiger partial charge in [0.1, 0.15) is 12.4 Å². The van der Waals surface area contributed by atoms with Gasteiger partial charge in [-0.05, 0) is 48.1 Å². The molecule has 0 aromatic heterocycles. The summed E-state index contributed by atoms with van der Waals surface area (Å²) in [4.78, 5) is 35.8. The molecule has 2 amide bonds. The van der Waals surface area contributed by atoms with Crippen molar-refractivity contribution in [2.24, 2.45) is 28.8 Å². The predicted octanol–water partition coefficient (Wildman–Crippen LogP) is 3.31. The van der Waals surface area contributed by atoms with Gasteiger partial charge in [0, 0.05) is 17.7 Å². The number of hydrogen-bond donors (Lipinski definition) is 0. The fraction of sp³-hybridized carbons (Fsp3) is 0.261. The van der Waals surface area contributed by atoms with E-state index in [2.05, 4.69) is 5.10 Å². The first-order chi connectivity index (χ1) is 15.0. The van der Waals surface area contributed by atoms with Crippen LogP contribution in [0.5, 0.6) is 5.75 Å². The summed E-state index contributed by atoms with van der Waals surface area (Å²) >= 11 is 0. The van der Waals surface area contributed by atoms with Gasteiger partial charge in [0.15, 0.2) is 0 Å². The highest BCUT2D eigenvalue weighted by atomic mass is 16.6. The summed E-state index contributed by atoms with van der Waals surface area (Å²) in [6.45, 7) is 0.212. The molecule has 2 fully saturated rings. The number of nitro benzene ring substituents is 1. The summed E-state index contributed by atoms with van der Waals surface area (Å²) in [5.41, 5.74) is 1.42. The van der Waals surface area contributed by atoms with Crippen LogP contribution in [0.4, 0.5) is 5.69 Å². The molecule has 31 heavy (non-hydrogen) atoms. The maximum absolute atomic E-state index is 12.8. The number of nitrogens with zero attached hydrogens (tertiary/aromatic N) is 3. The number of carbonyl (C=O) groups excluding carboxylic acids is 2. The number of hydrazone groups is 1. The first-order valence-electron chi connectivity index (χ1n) is 10.1. The monoisotopic (exact) mass is 417 g/mol. The second kappa shape index (κ2) is 7.46. The lowest BCUT2D eigenvalue weighted by Crippen LogP contribution is -2.28. The van der Waals surface area contributed by atoms with E-state index >= 15 is 0 Å². The molecular formula is C23H19N3O5. The van der Waals surface area contributed by atoms with Crippen LogP contribution in [0.25, 0.3) is 0 Å². The summed E-state index contributed by atoms with van der Waals surface area (Å²) in [6, 6.07) is 13.3. The first-order valence-corrected chi connectivity index (χ1v) is 10.1. The lowest BCUT2D eigenvalue weighted by Gasteiger charge is -2.13. The third-order valence-electron chi connectivity index (χ3n) is 6.22. The summed E-state index contributed by atoms with van der Waals surface area (Å²) in [7, 11) is 0. The van der Waals surface area contributed by atoms with Crippen LogP contribution < -0.4 is 4.74 Å². The van der Waals surface area contributed by atoms with Crippen molar-refractivity contribution in [3.05, 3.63) is 81.9 Å². The normalized spacial score (nSPS) is 26.1. The van der Waals surface area contributed by atoms with E-state index < -0.39 is 4.92 Å². The van der Waals surface area contributed by atoms with Crippen molar-refractivity contribution in [1.29, 1.82) is 0 Å². The van der Waals surface area contributed by atoms with Crippen LogP contribution >= 0.6 is 0 Å². The highest BCUT2D eigenvalue weighted by Gasteiger charge is 2.59. The van der Waals surface area contributed by atoms with Gasteiger partial charge in [-0.25, -0.2) is 0 Å². The Morgan fingerprint density at radius 2 is 1.68 bits per heavy atom. The third kappa shape index (κ3) is 3.30. The predicted molar refractivity (Wildman–Crippen MR) is 111 cm³/mol. The van der Waals surface area contributed by atoms with Gasteiger partial charge in [0.2, 0.25) is 0 Å². The molecular weight excluding hydrogens is 398 g/mol. The van der Waals surface area contributed by atoms with E-state index in [0.29, 0.717) is 11.3 Å². The van der Waals surface area contributed by atoms with E-state index in [9.17, 15) is 19.7 Å². The van der Waals surface area contributed by atoms with E-state index in [1.54, 1.807) is 24.3 Å². The van der Waals surface area contributed by atoms with Gasteiger partial charge >= 0.3 is 0 Å². The Morgan fingerprint density at radius 1 is 1.03 bits per heavy atom. The number of nitro groups is 1. The summed E-state index contributed by atoms with van der Waals surface area (Å²) in [5.74, 6) is -0.208. The number of rotatable bonds is 6. The maximum atomic E-state index is 12.8. The molecule has 2 aliphatic carbocycles. The first kappa shape index (κ1) is 19.2. The Labute approximate surface area is 178 Å². The third-order valence-corrected chi connectivity index (χ3v) is 6.22. The number of carbonyl (C=O) groups is 2. The number of para-hydroxylation sites is 1. The van der Waals surface area contributed by atoms with Gasteiger partial charge in [-0.2, -0.15) is 10.1 Å². The fourth-order valence-electron chi connectivity index (χ4n) is 4.71. The molecule has 2 bridgehead atoms. The molecule has 0 radical (unpaired) electrons. The molecule has 8 heteroatoms. The topological polar surface area (TPSA) is 102 Å². The molecule has 4 atom stereocenters. The summed E-state index contributed by atoms with van der Waals surface area (Å²) in [5, 5.41) is 16.0. The van der Waals surface area contributed by atoms with Crippen LogP contribution in [0, 0.1) is 33.8 Å². The lowest BCUT2D eigenvalue weighted by molar-refractivity contribution is -0.384. The minimum absolute atomic E-state index is 0.0182. The number of fused-ring (bicyclic) bond motifs is 5. The molecule has 2 aromatic rings. The molecule has 1 saturated heterocycles. The molecule has 5 rings (SSSR count). The minimum Gasteiger partial charge on any atom is -0.488 e.